The van der Waals surface area contributed by atoms with E-state index in [1.807, 2.05) is 0 Å². The van der Waals surface area contributed by atoms with Gasteiger partial charge in [0.25, 0.3) is 13.7 Å². The number of nitrogens with one attached hydrogen (secondary N) is 1. The van der Waals surface area contributed by atoms with Crippen LogP contribution in [0.2, 0.25) is 0 Å². The van der Waals surface area contributed by atoms with Crippen molar-refractivity contribution in [3.05, 3.63) is 24.2 Å². The average molecular weight is 593 g/mol. The maximum atomic E-state index is 12.2. The zero-order chi connectivity index (χ0) is 27.9. The van der Waals surface area contributed by atoms with E-state index in [0.717, 1.165) is 0 Å². The molecule has 11 atom stereocenters. The van der Waals surface area contributed by atoms with E-state index in [2.05, 4.69) is 37.9 Å². The third-order valence-electron chi connectivity index (χ3n) is 5.56. The maximum Gasteiger partial charge on any atom is 0.478 e. The number of hydrogen-bond donors (Lipinski definition) is 8. The second-order valence-electron chi connectivity index (χ2n) is 8.26. The lowest BCUT2D eigenvalue weighted by Gasteiger charge is -2.41. The van der Waals surface area contributed by atoms with Crippen LogP contribution in [0.25, 0.3) is 0 Å². The quantitative estimate of drug-likeness (QED) is 0.0957. The van der Waals surface area contributed by atoms with Crippen LogP contribution in [0.1, 0.15) is 6.92 Å². The number of aliphatic hydroxyl groups is 5. The topological polar surface area (TPSA) is 257 Å². The third-order valence-corrected chi connectivity index (χ3v) is 8.67. The average Bonchev–Trinajstić information content (AvgIpc) is 3.08. The van der Waals surface area contributed by atoms with Gasteiger partial charge in [-0.05, 0) is 6.92 Å². The molecule has 7 N–H and O–H groups in total. The Morgan fingerprint density at radius 2 is 1.78 bits per heavy atom. The van der Waals surface area contributed by atoms with Gasteiger partial charge in [-0.15, -0.1) is 0 Å². The summed E-state index contributed by atoms with van der Waals surface area (Å²) >= 11 is 3.88. The Labute approximate surface area is 215 Å². The molecule has 212 valence electrons. The summed E-state index contributed by atoms with van der Waals surface area (Å²) in [7, 11) is -11.2. The molecule has 5 unspecified atom stereocenters. The van der Waals surface area contributed by atoms with Crippen molar-refractivity contribution in [2.75, 3.05) is 13.2 Å². The number of aliphatic hydroxyl groups excluding tert-OH is 5. The summed E-state index contributed by atoms with van der Waals surface area (Å²) in [6, 6.07) is 0. The van der Waals surface area contributed by atoms with Crippen LogP contribution in [0.4, 0.5) is 0 Å². The largest absolute Gasteiger partial charge is 0.756 e. The molecule has 2 fully saturated rings. The molecule has 0 aromatic heterocycles. The number of thiol groups is 1. The van der Waals surface area contributed by atoms with Crippen LogP contribution >= 0.6 is 28.3 Å². The fourth-order valence-corrected chi connectivity index (χ4v) is 6.11. The van der Waals surface area contributed by atoms with Gasteiger partial charge >= 0.3 is 7.82 Å². The lowest BCUT2D eigenvalue weighted by molar-refractivity contribution is -0.268. The first-order chi connectivity index (χ1) is 17.1. The van der Waals surface area contributed by atoms with Gasteiger partial charge in [-0.1, -0.05) is 6.58 Å². The molecule has 20 heteroatoms. The van der Waals surface area contributed by atoms with Crippen molar-refractivity contribution in [1.29, 1.82) is 0 Å². The summed E-state index contributed by atoms with van der Waals surface area (Å²) < 4.78 is 48.1. The number of ether oxygens (including phenoxy) is 2. The Balaban J connectivity index is 1.60. The number of nitrogens with zero attached hydrogens (tertiary/aromatic N) is 1. The number of hydrogen-bond acceptors (Lipinski definition) is 16. The summed E-state index contributed by atoms with van der Waals surface area (Å²) in [6.07, 6.45) is -11.4. The number of rotatable bonds is 9. The zero-order valence-corrected chi connectivity index (χ0v) is 21.7. The summed E-state index contributed by atoms with van der Waals surface area (Å²) in [5.74, 6) is -0.431. The molecule has 3 rings (SSSR count). The Morgan fingerprint density at radius 3 is 2.41 bits per heavy atom. The van der Waals surface area contributed by atoms with E-state index in [1.165, 1.54) is 18.0 Å². The van der Waals surface area contributed by atoms with E-state index in [1.54, 1.807) is 0 Å². The number of carbonyl (C=O) groups is 1. The predicted molar refractivity (Wildman–Crippen MR) is 120 cm³/mol. The highest BCUT2D eigenvalue weighted by atomic mass is 32.1. The minimum absolute atomic E-state index is 0.0162. The molecular formula is C17H27N2O15P2S-. The van der Waals surface area contributed by atoms with Crippen LogP contribution in [0.15, 0.2) is 24.2 Å². The van der Waals surface area contributed by atoms with Crippen molar-refractivity contribution >= 4 is 34.2 Å². The molecule has 17 nitrogen and oxygen atoms in total. The summed E-state index contributed by atoms with van der Waals surface area (Å²) in [5, 5.41) is 50.4. The lowest BCUT2D eigenvalue weighted by atomic mass is 10.0. The Kier molecular flexibility index (Phi) is 9.66. The van der Waals surface area contributed by atoms with Crippen molar-refractivity contribution in [1.82, 2.24) is 10.2 Å². The highest BCUT2D eigenvalue weighted by Crippen LogP contribution is 2.59. The predicted octanol–water partition coefficient (Wildman–Crippen LogP) is -3.40. The SMILES string of the molecule is C=C1NC(=O)C(C)=CN1[C@@H]1O[C@H](COP(=O)(O)OP(=O)([O-])O[C@@H]2OC(CO)[C@H](O)[C@H](O)C2S)C(O)[C@@H]1O. The van der Waals surface area contributed by atoms with Crippen molar-refractivity contribution in [2.45, 2.75) is 61.3 Å². The molecule has 1 amide bonds. The fraction of sp³-hybridized carbons (Fsp3) is 0.706. The molecule has 2 saturated heterocycles. The van der Waals surface area contributed by atoms with Crippen LogP contribution in [0, 0.1) is 0 Å². The molecule has 0 aliphatic carbocycles. The highest BCUT2D eigenvalue weighted by Gasteiger charge is 2.48. The second kappa shape index (κ2) is 11.7. The monoisotopic (exact) mass is 593 g/mol. The lowest BCUT2D eigenvalue weighted by Crippen LogP contribution is -2.57. The van der Waals surface area contributed by atoms with Crippen molar-refractivity contribution in [3.63, 3.8) is 0 Å². The van der Waals surface area contributed by atoms with Gasteiger partial charge in [0.05, 0.1) is 24.6 Å². The molecule has 0 aromatic carbocycles. The molecule has 0 aromatic rings. The maximum absolute atomic E-state index is 12.2. The van der Waals surface area contributed by atoms with Gasteiger partial charge in [-0.2, -0.15) is 12.6 Å². The summed E-state index contributed by atoms with van der Waals surface area (Å²) in [4.78, 5) is 34.9. The molecule has 3 aliphatic heterocycles. The van der Waals surface area contributed by atoms with E-state index < -0.39 is 89.2 Å². The summed E-state index contributed by atoms with van der Waals surface area (Å²) in [6.45, 7) is 3.31. The first-order valence-corrected chi connectivity index (χ1v) is 14.0. The van der Waals surface area contributed by atoms with Crippen molar-refractivity contribution < 1.29 is 72.1 Å². The highest BCUT2D eigenvalue weighted by molar-refractivity contribution is 7.81. The smallest absolute Gasteiger partial charge is 0.478 e. The second-order valence-corrected chi connectivity index (χ2v) is 11.8. The van der Waals surface area contributed by atoms with Gasteiger partial charge in [0.1, 0.15) is 36.3 Å². The van der Waals surface area contributed by atoms with Gasteiger partial charge in [0.2, 0.25) is 0 Å². The molecule has 0 saturated carbocycles. The van der Waals surface area contributed by atoms with Crippen LogP contribution in [0.5, 0.6) is 0 Å². The minimum atomic E-state index is -5.70. The van der Waals surface area contributed by atoms with Gasteiger partial charge in [0, 0.05) is 11.8 Å². The molecule has 37 heavy (non-hydrogen) atoms. The first-order valence-electron chi connectivity index (χ1n) is 10.5. The number of carbonyl (C=O) groups excluding carboxylic acids is 1. The molecule has 3 aliphatic rings. The molecule has 0 bridgehead atoms. The molecule has 3 heterocycles. The van der Waals surface area contributed by atoms with E-state index in [4.69, 9.17) is 9.47 Å². The van der Waals surface area contributed by atoms with Crippen LogP contribution in [0.3, 0.4) is 0 Å². The first kappa shape index (κ1) is 30.6. The Bertz CT molecular complexity index is 1010. The van der Waals surface area contributed by atoms with Crippen molar-refractivity contribution in [2.24, 2.45) is 0 Å². The molecule has 0 radical (unpaired) electrons. The number of amides is 1. The van der Waals surface area contributed by atoms with E-state index in [0.29, 0.717) is 0 Å². The van der Waals surface area contributed by atoms with Crippen LogP contribution in [-0.4, -0.2) is 109 Å². The minimum Gasteiger partial charge on any atom is -0.756 e. The van der Waals surface area contributed by atoms with Gasteiger partial charge in [-0.25, -0.2) is 8.88 Å². The standard InChI is InChI=1S/C17H28N2O15P2S/c1-6-3-19(7(2)18-15(6)25)16-13(24)11(22)9(31-16)5-30-35(26,27)34-36(28,29)33-17-14(37)12(23)10(21)8(4-20)32-17/h3,8-14,16-17,20-24,37H,2,4-5H2,1H3,(H,18,25)(H,26,27)(H,28,29)/p-1/t8?,9-,10+,11?,12+,13+,14?,16-,17+/m1/s1. The molecule has 0 spiro atoms. The number of phosphoric ester groups is 2. The Hall–Kier alpha value is -0.920. The van der Waals surface area contributed by atoms with Gasteiger partial charge in [-0.3, -0.25) is 18.4 Å². The third kappa shape index (κ3) is 7.00. The van der Waals surface area contributed by atoms with Gasteiger partial charge < -0.3 is 55.0 Å². The zero-order valence-electron chi connectivity index (χ0n) is 19.0. The summed E-state index contributed by atoms with van der Waals surface area (Å²) in [5.41, 5.74) is 0.231. The Morgan fingerprint density at radius 1 is 1.16 bits per heavy atom. The van der Waals surface area contributed by atoms with E-state index in [-0.39, 0.29) is 11.4 Å². The van der Waals surface area contributed by atoms with Crippen LogP contribution in [-0.2, 0) is 36.8 Å². The van der Waals surface area contributed by atoms with E-state index >= 15 is 0 Å². The fourth-order valence-electron chi connectivity index (χ4n) is 3.58. The van der Waals surface area contributed by atoms with Crippen molar-refractivity contribution in [3.8, 4) is 0 Å². The van der Waals surface area contributed by atoms with E-state index in [9.17, 15) is 49.2 Å². The van der Waals surface area contributed by atoms with Gasteiger partial charge in [0.15, 0.2) is 12.5 Å². The number of phosphoric acid groups is 2. The molecular weight excluding hydrogens is 566 g/mol. The van der Waals surface area contributed by atoms with Crippen LogP contribution < -0.4 is 10.2 Å². The normalized spacial score (nSPS) is 40.1.